The predicted octanol–water partition coefficient (Wildman–Crippen LogP) is 3.17. The van der Waals surface area contributed by atoms with E-state index in [0.717, 1.165) is 29.8 Å². The van der Waals surface area contributed by atoms with Crippen LogP contribution in [0.2, 0.25) is 0 Å². The summed E-state index contributed by atoms with van der Waals surface area (Å²) in [5.41, 5.74) is 3.41. The number of benzene rings is 1. The Kier molecular flexibility index (Phi) is 4.27. The molecule has 4 nitrogen and oxygen atoms in total. The van der Waals surface area contributed by atoms with Crippen LogP contribution in [-0.2, 0) is 0 Å². The Morgan fingerprint density at radius 3 is 3.10 bits per heavy atom. The van der Waals surface area contributed by atoms with Crippen molar-refractivity contribution in [3.05, 3.63) is 29.6 Å². The smallest absolute Gasteiger partial charge is 0.124 e. The van der Waals surface area contributed by atoms with Gasteiger partial charge in [0.15, 0.2) is 0 Å². The molecule has 21 heavy (non-hydrogen) atoms. The Morgan fingerprint density at radius 1 is 1.43 bits per heavy atom. The fourth-order valence-electron chi connectivity index (χ4n) is 3.49. The van der Waals surface area contributed by atoms with Gasteiger partial charge in [-0.15, -0.1) is 0 Å². The molecular weight excluding hydrogens is 262 g/mol. The van der Waals surface area contributed by atoms with E-state index >= 15 is 0 Å². The summed E-state index contributed by atoms with van der Waals surface area (Å²) in [6.07, 6.45) is 4.56. The minimum atomic E-state index is 0.271. The summed E-state index contributed by atoms with van der Waals surface area (Å²) < 4.78 is 0. The van der Waals surface area contributed by atoms with Gasteiger partial charge < -0.3 is 10.1 Å². The van der Waals surface area contributed by atoms with Crippen LogP contribution in [0.25, 0.3) is 11.0 Å². The number of nitrogens with one attached hydrogen (secondary N) is 1. The van der Waals surface area contributed by atoms with Crippen molar-refractivity contribution < 1.29 is 5.11 Å². The molecule has 0 aliphatic carbocycles. The van der Waals surface area contributed by atoms with Crippen LogP contribution in [0.15, 0.2) is 18.2 Å². The Labute approximate surface area is 126 Å². The largest absolute Gasteiger partial charge is 0.396 e. The van der Waals surface area contributed by atoms with Gasteiger partial charge in [-0.3, -0.25) is 4.90 Å². The molecule has 114 valence electrons. The molecule has 1 fully saturated rings. The molecule has 2 N–H and O–H groups in total. The number of aryl methyl sites for hydroxylation is 1. The number of imidazole rings is 1. The van der Waals surface area contributed by atoms with E-state index in [-0.39, 0.29) is 12.6 Å². The second-order valence-electron chi connectivity index (χ2n) is 6.22. The van der Waals surface area contributed by atoms with Crippen molar-refractivity contribution in [3.63, 3.8) is 0 Å². The number of aliphatic hydroxyl groups excluding tert-OH is 1. The lowest BCUT2D eigenvalue weighted by atomic mass is 9.97. The first-order valence-corrected chi connectivity index (χ1v) is 8.02. The highest BCUT2D eigenvalue weighted by Gasteiger charge is 2.28. The summed E-state index contributed by atoms with van der Waals surface area (Å²) in [5.74, 6) is 1.04. The SMILES string of the molecule is Cc1ccc2nc(C(C)N3CCCCC3CCO)[nH]c2c1. The number of likely N-dealkylation sites (tertiary alicyclic amines) is 1. The van der Waals surface area contributed by atoms with Crippen LogP contribution in [0.4, 0.5) is 0 Å². The van der Waals surface area contributed by atoms with Crippen molar-refractivity contribution in [1.29, 1.82) is 0 Å². The summed E-state index contributed by atoms with van der Waals surface area (Å²) >= 11 is 0. The minimum absolute atomic E-state index is 0.271. The molecule has 1 aliphatic rings. The van der Waals surface area contributed by atoms with Gasteiger partial charge in [0.25, 0.3) is 0 Å². The zero-order valence-electron chi connectivity index (χ0n) is 13.0. The lowest BCUT2D eigenvalue weighted by Crippen LogP contribution is -2.41. The summed E-state index contributed by atoms with van der Waals surface area (Å²) in [6.45, 7) is 5.70. The second kappa shape index (κ2) is 6.16. The third kappa shape index (κ3) is 2.97. The van der Waals surface area contributed by atoms with E-state index < -0.39 is 0 Å². The average molecular weight is 287 g/mol. The molecule has 1 aromatic heterocycles. The van der Waals surface area contributed by atoms with E-state index in [0.29, 0.717) is 6.04 Å². The van der Waals surface area contributed by atoms with Crippen molar-refractivity contribution in [1.82, 2.24) is 14.9 Å². The van der Waals surface area contributed by atoms with E-state index in [1.807, 2.05) is 0 Å². The molecule has 0 radical (unpaired) electrons. The molecule has 3 rings (SSSR count). The summed E-state index contributed by atoms with van der Waals surface area (Å²) in [5, 5.41) is 9.28. The normalized spacial score (nSPS) is 21.8. The molecule has 1 aromatic carbocycles. The molecule has 2 unspecified atom stereocenters. The molecule has 2 atom stereocenters. The zero-order valence-corrected chi connectivity index (χ0v) is 13.0. The van der Waals surface area contributed by atoms with Crippen molar-refractivity contribution in [3.8, 4) is 0 Å². The number of aromatic nitrogens is 2. The van der Waals surface area contributed by atoms with Crippen LogP contribution in [0.1, 0.15) is 50.0 Å². The Bertz CT molecular complexity index is 605. The van der Waals surface area contributed by atoms with Crippen molar-refractivity contribution in [2.75, 3.05) is 13.2 Å². The molecule has 4 heteroatoms. The summed E-state index contributed by atoms with van der Waals surface area (Å²) in [4.78, 5) is 10.7. The van der Waals surface area contributed by atoms with Gasteiger partial charge in [0.2, 0.25) is 0 Å². The number of fused-ring (bicyclic) bond motifs is 1. The number of rotatable bonds is 4. The maximum absolute atomic E-state index is 9.28. The zero-order chi connectivity index (χ0) is 14.8. The third-order valence-corrected chi connectivity index (χ3v) is 4.68. The molecule has 2 aromatic rings. The Morgan fingerprint density at radius 2 is 2.29 bits per heavy atom. The monoisotopic (exact) mass is 287 g/mol. The first-order valence-electron chi connectivity index (χ1n) is 8.02. The van der Waals surface area contributed by atoms with E-state index in [2.05, 4.69) is 41.9 Å². The lowest BCUT2D eigenvalue weighted by Gasteiger charge is -2.39. The lowest BCUT2D eigenvalue weighted by molar-refractivity contribution is 0.0794. The van der Waals surface area contributed by atoms with Crippen LogP contribution < -0.4 is 0 Å². The van der Waals surface area contributed by atoms with Gasteiger partial charge in [0.05, 0.1) is 17.1 Å². The third-order valence-electron chi connectivity index (χ3n) is 4.68. The van der Waals surface area contributed by atoms with E-state index in [1.165, 1.54) is 24.8 Å². The highest BCUT2D eigenvalue weighted by atomic mass is 16.3. The fraction of sp³-hybridized carbons (Fsp3) is 0.588. The van der Waals surface area contributed by atoms with E-state index in [9.17, 15) is 5.11 Å². The average Bonchev–Trinajstić information content (AvgIpc) is 2.90. The Balaban J connectivity index is 1.85. The quantitative estimate of drug-likeness (QED) is 0.908. The number of hydrogen-bond acceptors (Lipinski definition) is 3. The van der Waals surface area contributed by atoms with Crippen LogP contribution >= 0.6 is 0 Å². The van der Waals surface area contributed by atoms with Crippen LogP contribution in [0, 0.1) is 6.92 Å². The topological polar surface area (TPSA) is 52.1 Å². The van der Waals surface area contributed by atoms with Gasteiger partial charge in [-0.1, -0.05) is 12.5 Å². The maximum Gasteiger partial charge on any atom is 0.124 e. The first kappa shape index (κ1) is 14.5. The predicted molar refractivity (Wildman–Crippen MR) is 85.3 cm³/mol. The maximum atomic E-state index is 9.28. The number of hydrogen-bond donors (Lipinski definition) is 2. The van der Waals surface area contributed by atoms with E-state index in [1.54, 1.807) is 0 Å². The van der Waals surface area contributed by atoms with Crippen molar-refractivity contribution >= 4 is 11.0 Å². The molecule has 0 saturated carbocycles. The second-order valence-corrected chi connectivity index (χ2v) is 6.22. The molecule has 0 amide bonds. The number of H-pyrrole nitrogens is 1. The number of aliphatic hydroxyl groups is 1. The van der Waals surface area contributed by atoms with Gasteiger partial charge in [0.1, 0.15) is 5.82 Å². The van der Waals surface area contributed by atoms with Crippen LogP contribution in [0.5, 0.6) is 0 Å². The fourth-order valence-corrected chi connectivity index (χ4v) is 3.49. The van der Waals surface area contributed by atoms with E-state index in [4.69, 9.17) is 4.98 Å². The van der Waals surface area contributed by atoms with Crippen LogP contribution in [0.3, 0.4) is 0 Å². The highest BCUT2D eigenvalue weighted by Crippen LogP contribution is 2.29. The number of piperidine rings is 1. The van der Waals surface area contributed by atoms with Gasteiger partial charge in [-0.05, 0) is 57.4 Å². The van der Waals surface area contributed by atoms with Crippen molar-refractivity contribution in [2.45, 2.75) is 51.6 Å². The molecule has 0 spiro atoms. The number of aromatic amines is 1. The number of nitrogens with zero attached hydrogens (tertiary/aromatic N) is 2. The van der Waals surface area contributed by atoms with Crippen molar-refractivity contribution in [2.24, 2.45) is 0 Å². The molecule has 1 aliphatic heterocycles. The van der Waals surface area contributed by atoms with Crippen LogP contribution in [-0.4, -0.2) is 39.2 Å². The Hall–Kier alpha value is -1.39. The highest BCUT2D eigenvalue weighted by molar-refractivity contribution is 5.75. The van der Waals surface area contributed by atoms with Gasteiger partial charge in [0, 0.05) is 12.6 Å². The van der Waals surface area contributed by atoms with Gasteiger partial charge in [-0.2, -0.15) is 0 Å². The standard InChI is InChI=1S/C17H25N3O/c1-12-6-7-15-16(11-12)19-17(18-15)13(2)20-9-4-3-5-14(20)8-10-21/h6-7,11,13-14,21H,3-5,8-10H2,1-2H3,(H,18,19). The van der Waals surface area contributed by atoms with Gasteiger partial charge in [-0.25, -0.2) is 4.98 Å². The van der Waals surface area contributed by atoms with Gasteiger partial charge >= 0.3 is 0 Å². The summed E-state index contributed by atoms with van der Waals surface area (Å²) in [6, 6.07) is 7.09. The molecule has 0 bridgehead atoms. The molecule has 1 saturated heterocycles. The first-order chi connectivity index (χ1) is 10.2. The summed E-state index contributed by atoms with van der Waals surface area (Å²) in [7, 11) is 0. The molecular formula is C17H25N3O. The molecule has 2 heterocycles. The minimum Gasteiger partial charge on any atom is -0.396 e.